The van der Waals surface area contributed by atoms with E-state index in [1.165, 1.54) is 0 Å². The lowest BCUT2D eigenvalue weighted by atomic mass is 10.1. The van der Waals surface area contributed by atoms with Gasteiger partial charge in [0.25, 0.3) is 5.92 Å². The minimum Gasteiger partial charge on any atom is -0.206 e. The Morgan fingerprint density at radius 3 is 2.11 bits per heavy atom. The molecule has 0 aromatic rings. The third kappa shape index (κ3) is 1.05. The van der Waals surface area contributed by atoms with E-state index in [9.17, 15) is 8.78 Å². The van der Waals surface area contributed by atoms with Crippen molar-refractivity contribution in [3.8, 4) is 0 Å². The molecule has 0 radical (unpaired) electrons. The van der Waals surface area contributed by atoms with Crippen LogP contribution in [-0.4, -0.2) is 11.8 Å². The summed E-state index contributed by atoms with van der Waals surface area (Å²) < 4.78 is 24.6. The predicted molar refractivity (Wildman–Crippen MR) is 33.0 cm³/mol. The average molecular weight is 155 g/mol. The smallest absolute Gasteiger partial charge is 0.206 e. The van der Waals surface area contributed by atoms with Crippen LogP contribution in [0.2, 0.25) is 0 Å². The summed E-state index contributed by atoms with van der Waals surface area (Å²) >= 11 is 5.32. The summed E-state index contributed by atoms with van der Waals surface area (Å²) in [4.78, 5) is 0. The fraction of sp³-hybridized carbons (Fsp3) is 1.00. The maximum absolute atomic E-state index is 12.3. The summed E-state index contributed by atoms with van der Waals surface area (Å²) in [6.45, 7) is 1.58. The molecule has 1 atom stereocenters. The normalized spacial score (nSPS) is 38.7. The molecule has 0 heterocycles. The Labute approximate surface area is 58.2 Å². The Bertz CT molecular complexity index is 124. The van der Waals surface area contributed by atoms with Crippen molar-refractivity contribution in [1.82, 2.24) is 0 Å². The Hall–Kier alpha value is 0.150. The van der Waals surface area contributed by atoms with Gasteiger partial charge in [0.1, 0.15) is 0 Å². The number of hydrogen-bond donors (Lipinski definition) is 0. The molecule has 0 aromatic carbocycles. The van der Waals surface area contributed by atoms with Crippen molar-refractivity contribution in [3.63, 3.8) is 0 Å². The number of hydrogen-bond acceptors (Lipinski definition) is 0. The van der Waals surface area contributed by atoms with Gasteiger partial charge in [0.2, 0.25) is 0 Å². The number of rotatable bonds is 2. The first-order valence-electron chi connectivity index (χ1n) is 2.96. The van der Waals surface area contributed by atoms with Gasteiger partial charge in [0.05, 0.1) is 0 Å². The van der Waals surface area contributed by atoms with Crippen LogP contribution < -0.4 is 0 Å². The molecule has 1 aliphatic carbocycles. The Morgan fingerprint density at radius 2 is 2.00 bits per heavy atom. The van der Waals surface area contributed by atoms with E-state index in [-0.39, 0.29) is 6.42 Å². The Kier molecular flexibility index (Phi) is 1.46. The summed E-state index contributed by atoms with van der Waals surface area (Å²) in [5.74, 6) is -2.09. The highest BCUT2D eigenvalue weighted by molar-refractivity contribution is 6.17. The molecule has 9 heavy (non-hydrogen) atoms. The van der Waals surface area contributed by atoms with Gasteiger partial charge in [-0.05, 0) is 6.42 Å². The third-order valence-electron chi connectivity index (χ3n) is 2.02. The molecule has 1 saturated carbocycles. The molecule has 1 aliphatic rings. The first kappa shape index (κ1) is 7.26. The van der Waals surface area contributed by atoms with Crippen LogP contribution in [-0.2, 0) is 0 Å². The minimum atomic E-state index is -2.43. The Balaban J connectivity index is 2.42. The van der Waals surface area contributed by atoms with Crippen LogP contribution >= 0.6 is 11.6 Å². The third-order valence-corrected chi connectivity index (χ3v) is 2.21. The highest BCUT2D eigenvalue weighted by Crippen LogP contribution is 2.62. The van der Waals surface area contributed by atoms with Crippen LogP contribution in [0.5, 0.6) is 0 Å². The molecule has 3 heteroatoms. The van der Waals surface area contributed by atoms with Gasteiger partial charge in [-0.15, -0.1) is 11.6 Å². The fourth-order valence-electron chi connectivity index (χ4n) is 0.926. The van der Waals surface area contributed by atoms with E-state index in [4.69, 9.17) is 11.6 Å². The number of halogens is 3. The standard InChI is InChI=1S/C6H9ClF2/c1-5(2-3-7)4-6(5,8)9/h2-4H2,1H3. The first-order chi connectivity index (χ1) is 4.02. The number of alkyl halides is 3. The monoisotopic (exact) mass is 154 g/mol. The topological polar surface area (TPSA) is 0 Å². The van der Waals surface area contributed by atoms with Gasteiger partial charge in [-0.3, -0.25) is 0 Å². The molecule has 0 bridgehead atoms. The summed E-state index contributed by atoms with van der Waals surface area (Å²) in [6, 6.07) is 0. The van der Waals surface area contributed by atoms with Gasteiger partial charge in [0.15, 0.2) is 0 Å². The van der Waals surface area contributed by atoms with E-state index in [0.29, 0.717) is 12.3 Å². The molecule has 0 spiro atoms. The van der Waals surface area contributed by atoms with E-state index in [2.05, 4.69) is 0 Å². The molecule has 0 nitrogen and oxygen atoms in total. The second-order valence-corrected chi connectivity index (χ2v) is 3.26. The van der Waals surface area contributed by atoms with Crippen LogP contribution in [0.4, 0.5) is 8.78 Å². The van der Waals surface area contributed by atoms with E-state index in [1.807, 2.05) is 0 Å². The molecule has 1 unspecified atom stereocenters. The van der Waals surface area contributed by atoms with E-state index in [1.54, 1.807) is 6.92 Å². The van der Waals surface area contributed by atoms with Crippen molar-refractivity contribution in [2.45, 2.75) is 25.7 Å². The van der Waals surface area contributed by atoms with Crippen LogP contribution in [0, 0.1) is 5.41 Å². The maximum Gasteiger partial charge on any atom is 0.254 e. The lowest BCUT2D eigenvalue weighted by molar-refractivity contribution is 0.0690. The van der Waals surface area contributed by atoms with Gasteiger partial charge >= 0.3 is 0 Å². The van der Waals surface area contributed by atoms with Crippen molar-refractivity contribution in [1.29, 1.82) is 0 Å². The van der Waals surface area contributed by atoms with Crippen molar-refractivity contribution in [3.05, 3.63) is 0 Å². The average Bonchev–Trinajstić information content (AvgIpc) is 2.07. The molecule has 0 aromatic heterocycles. The molecular formula is C6H9ClF2. The van der Waals surface area contributed by atoms with Gasteiger partial charge in [0, 0.05) is 17.7 Å². The molecular weight excluding hydrogens is 146 g/mol. The zero-order valence-electron chi connectivity index (χ0n) is 5.26. The minimum absolute atomic E-state index is 0.0206. The maximum atomic E-state index is 12.3. The van der Waals surface area contributed by atoms with Crippen LogP contribution in [0.15, 0.2) is 0 Å². The summed E-state index contributed by atoms with van der Waals surface area (Å²) in [6.07, 6.45) is 0.453. The van der Waals surface area contributed by atoms with Crippen molar-refractivity contribution in [2.24, 2.45) is 5.41 Å². The summed E-state index contributed by atoms with van der Waals surface area (Å²) in [7, 11) is 0. The van der Waals surface area contributed by atoms with Gasteiger partial charge < -0.3 is 0 Å². The molecule has 0 N–H and O–H groups in total. The lowest BCUT2D eigenvalue weighted by Gasteiger charge is -2.04. The zero-order valence-corrected chi connectivity index (χ0v) is 6.01. The quantitative estimate of drug-likeness (QED) is 0.537. The van der Waals surface area contributed by atoms with E-state index < -0.39 is 11.3 Å². The molecule has 0 amide bonds. The zero-order chi connectivity index (χ0) is 7.12. The lowest BCUT2D eigenvalue weighted by Crippen LogP contribution is -2.06. The highest BCUT2D eigenvalue weighted by atomic mass is 35.5. The fourth-order valence-corrected chi connectivity index (χ4v) is 1.34. The van der Waals surface area contributed by atoms with Gasteiger partial charge in [-0.25, -0.2) is 8.78 Å². The van der Waals surface area contributed by atoms with Crippen LogP contribution in [0.3, 0.4) is 0 Å². The molecule has 54 valence electrons. The second-order valence-electron chi connectivity index (χ2n) is 2.88. The van der Waals surface area contributed by atoms with Crippen molar-refractivity contribution < 1.29 is 8.78 Å². The van der Waals surface area contributed by atoms with Crippen LogP contribution in [0.25, 0.3) is 0 Å². The first-order valence-corrected chi connectivity index (χ1v) is 3.49. The second kappa shape index (κ2) is 1.82. The highest BCUT2D eigenvalue weighted by Gasteiger charge is 2.66. The molecule has 1 rings (SSSR count). The largest absolute Gasteiger partial charge is 0.254 e. The van der Waals surface area contributed by atoms with Crippen LogP contribution in [0.1, 0.15) is 19.8 Å². The summed E-state index contributed by atoms with van der Waals surface area (Å²) in [5.41, 5.74) is -0.769. The van der Waals surface area contributed by atoms with Crippen molar-refractivity contribution >= 4 is 11.6 Å². The summed E-state index contributed by atoms with van der Waals surface area (Å²) in [5, 5.41) is 0. The Morgan fingerprint density at radius 1 is 1.56 bits per heavy atom. The molecule has 0 saturated heterocycles. The van der Waals surface area contributed by atoms with E-state index >= 15 is 0 Å². The van der Waals surface area contributed by atoms with E-state index in [0.717, 1.165) is 0 Å². The predicted octanol–water partition coefficient (Wildman–Crippen LogP) is 2.66. The molecule has 1 fully saturated rings. The SMILES string of the molecule is CC1(CCCl)CC1(F)F. The van der Waals surface area contributed by atoms with Gasteiger partial charge in [-0.1, -0.05) is 6.92 Å². The van der Waals surface area contributed by atoms with Gasteiger partial charge in [-0.2, -0.15) is 0 Å². The molecule has 0 aliphatic heterocycles. The van der Waals surface area contributed by atoms with Crippen molar-refractivity contribution in [2.75, 3.05) is 5.88 Å².